The Hall–Kier alpha value is -3.09. The van der Waals surface area contributed by atoms with Gasteiger partial charge in [-0.1, -0.05) is 18.2 Å². The molecule has 0 aliphatic rings. The van der Waals surface area contributed by atoms with Crippen LogP contribution < -0.4 is 14.8 Å². The molecule has 0 aromatic heterocycles. The van der Waals surface area contributed by atoms with Crippen LogP contribution in [0, 0.1) is 5.82 Å². The number of halogens is 1. The van der Waals surface area contributed by atoms with Crippen molar-refractivity contribution in [3.8, 4) is 11.5 Å². The lowest BCUT2D eigenvalue weighted by molar-refractivity contribution is -0.124. The minimum absolute atomic E-state index is 0.0145. The molecule has 6 nitrogen and oxygen atoms in total. The lowest BCUT2D eigenvalue weighted by Gasteiger charge is -2.12. The Labute approximate surface area is 157 Å². The monoisotopic (exact) mass is 375 g/mol. The van der Waals surface area contributed by atoms with Gasteiger partial charge in [-0.3, -0.25) is 4.79 Å². The topological polar surface area (TPSA) is 73.9 Å². The second-order valence-corrected chi connectivity index (χ2v) is 5.47. The van der Waals surface area contributed by atoms with E-state index in [9.17, 15) is 14.0 Å². The van der Waals surface area contributed by atoms with Crippen molar-refractivity contribution in [2.75, 3.05) is 19.8 Å². The van der Waals surface area contributed by atoms with Crippen molar-refractivity contribution in [1.82, 2.24) is 5.32 Å². The molecule has 2 rings (SSSR count). The number of amides is 1. The molecule has 0 spiro atoms. The average Bonchev–Trinajstić information content (AvgIpc) is 2.67. The zero-order valence-electron chi connectivity index (χ0n) is 15.3. The Morgan fingerprint density at radius 2 is 1.70 bits per heavy atom. The standard InChI is InChI=1S/C20H22FNO5/c1-3-25-17-10-9-14(11-18(17)26-4-2)20(24)27-13-19(23)22-12-15-7-5-6-8-16(15)21/h5-11H,3-4,12-13H2,1-2H3,(H,22,23). The van der Waals surface area contributed by atoms with Crippen molar-refractivity contribution >= 4 is 11.9 Å². The number of ether oxygens (including phenoxy) is 3. The molecule has 1 N–H and O–H groups in total. The lowest BCUT2D eigenvalue weighted by atomic mass is 10.2. The number of nitrogens with one attached hydrogen (secondary N) is 1. The fraction of sp³-hybridized carbons (Fsp3) is 0.300. The van der Waals surface area contributed by atoms with E-state index in [1.807, 2.05) is 13.8 Å². The number of esters is 1. The molecule has 2 aromatic carbocycles. The van der Waals surface area contributed by atoms with Crippen molar-refractivity contribution in [1.29, 1.82) is 0 Å². The first-order valence-electron chi connectivity index (χ1n) is 8.62. The summed E-state index contributed by atoms with van der Waals surface area (Å²) < 4.78 is 29.4. The van der Waals surface area contributed by atoms with Crippen LogP contribution in [0.1, 0.15) is 29.8 Å². The highest BCUT2D eigenvalue weighted by Gasteiger charge is 2.14. The fourth-order valence-corrected chi connectivity index (χ4v) is 2.28. The number of carbonyl (C=O) groups is 2. The highest BCUT2D eigenvalue weighted by Crippen LogP contribution is 2.28. The first-order chi connectivity index (χ1) is 13.0. The Kier molecular flexibility index (Phi) is 7.61. The van der Waals surface area contributed by atoms with Crippen LogP contribution in [0.2, 0.25) is 0 Å². The van der Waals surface area contributed by atoms with Crippen LogP contribution in [-0.4, -0.2) is 31.7 Å². The summed E-state index contributed by atoms with van der Waals surface area (Å²) in [5.74, 6) is -0.647. The second-order valence-electron chi connectivity index (χ2n) is 5.47. The van der Waals surface area contributed by atoms with Gasteiger partial charge in [-0.05, 0) is 38.1 Å². The van der Waals surface area contributed by atoms with Crippen molar-refractivity contribution in [2.24, 2.45) is 0 Å². The number of hydrogen-bond donors (Lipinski definition) is 1. The number of hydrogen-bond acceptors (Lipinski definition) is 5. The summed E-state index contributed by atoms with van der Waals surface area (Å²) in [7, 11) is 0. The van der Waals surface area contributed by atoms with E-state index in [4.69, 9.17) is 14.2 Å². The van der Waals surface area contributed by atoms with Gasteiger partial charge in [0.1, 0.15) is 5.82 Å². The summed E-state index contributed by atoms with van der Waals surface area (Å²) in [6.07, 6.45) is 0. The summed E-state index contributed by atoms with van der Waals surface area (Å²) in [4.78, 5) is 24.0. The van der Waals surface area contributed by atoms with E-state index in [1.54, 1.807) is 24.3 Å². The minimum atomic E-state index is -0.667. The smallest absolute Gasteiger partial charge is 0.338 e. The molecule has 27 heavy (non-hydrogen) atoms. The number of carbonyl (C=O) groups excluding carboxylic acids is 2. The molecular weight excluding hydrogens is 353 g/mol. The van der Waals surface area contributed by atoms with Gasteiger partial charge in [-0.15, -0.1) is 0 Å². The summed E-state index contributed by atoms with van der Waals surface area (Å²) in [6, 6.07) is 10.8. The third-order valence-corrected chi connectivity index (χ3v) is 3.55. The van der Waals surface area contributed by atoms with Crippen LogP contribution in [0.25, 0.3) is 0 Å². The van der Waals surface area contributed by atoms with Crippen molar-refractivity contribution in [3.05, 3.63) is 59.4 Å². The maximum absolute atomic E-state index is 13.5. The van der Waals surface area contributed by atoms with E-state index in [2.05, 4.69) is 5.32 Å². The molecule has 0 atom stereocenters. The molecule has 144 valence electrons. The molecule has 7 heteroatoms. The van der Waals surface area contributed by atoms with Crippen molar-refractivity contribution in [2.45, 2.75) is 20.4 Å². The SMILES string of the molecule is CCOc1ccc(C(=O)OCC(=O)NCc2ccccc2F)cc1OCC. The van der Waals surface area contributed by atoms with E-state index in [1.165, 1.54) is 18.2 Å². The van der Waals surface area contributed by atoms with Crippen LogP contribution >= 0.6 is 0 Å². The van der Waals surface area contributed by atoms with Gasteiger partial charge < -0.3 is 19.5 Å². The first kappa shape index (κ1) is 20.2. The van der Waals surface area contributed by atoms with Gasteiger partial charge in [0.15, 0.2) is 18.1 Å². The molecule has 0 aliphatic carbocycles. The van der Waals surface area contributed by atoms with Gasteiger partial charge in [-0.2, -0.15) is 0 Å². The van der Waals surface area contributed by atoms with Gasteiger partial charge in [0.05, 0.1) is 18.8 Å². The third-order valence-electron chi connectivity index (χ3n) is 3.55. The van der Waals surface area contributed by atoms with Gasteiger partial charge >= 0.3 is 5.97 Å². The van der Waals surface area contributed by atoms with E-state index in [0.29, 0.717) is 30.3 Å². The highest BCUT2D eigenvalue weighted by molar-refractivity contribution is 5.92. The minimum Gasteiger partial charge on any atom is -0.490 e. The normalized spacial score (nSPS) is 10.2. The Morgan fingerprint density at radius 3 is 2.41 bits per heavy atom. The zero-order valence-corrected chi connectivity index (χ0v) is 15.3. The summed E-state index contributed by atoms with van der Waals surface area (Å²) >= 11 is 0. The van der Waals surface area contributed by atoms with Crippen LogP contribution in [0.15, 0.2) is 42.5 Å². The largest absolute Gasteiger partial charge is 0.490 e. The quantitative estimate of drug-likeness (QED) is 0.682. The molecule has 0 heterocycles. The van der Waals surface area contributed by atoms with E-state index < -0.39 is 24.3 Å². The van der Waals surface area contributed by atoms with Gasteiger partial charge in [0, 0.05) is 12.1 Å². The maximum atomic E-state index is 13.5. The maximum Gasteiger partial charge on any atom is 0.338 e. The predicted octanol–water partition coefficient (Wildman–Crippen LogP) is 3.10. The fourth-order valence-electron chi connectivity index (χ4n) is 2.28. The van der Waals surface area contributed by atoms with Gasteiger partial charge in [0.25, 0.3) is 5.91 Å². The van der Waals surface area contributed by atoms with Gasteiger partial charge in [-0.25, -0.2) is 9.18 Å². The van der Waals surface area contributed by atoms with E-state index in [-0.39, 0.29) is 12.1 Å². The molecule has 0 saturated heterocycles. The van der Waals surface area contributed by atoms with E-state index >= 15 is 0 Å². The van der Waals surface area contributed by atoms with Crippen molar-refractivity contribution in [3.63, 3.8) is 0 Å². The number of rotatable bonds is 9. The molecule has 2 aromatic rings. The molecule has 0 aliphatic heterocycles. The Balaban J connectivity index is 1.90. The Bertz CT molecular complexity index is 794. The average molecular weight is 375 g/mol. The third kappa shape index (κ3) is 5.99. The summed E-state index contributed by atoms with van der Waals surface area (Å²) in [5, 5.41) is 2.50. The Morgan fingerprint density at radius 1 is 1.00 bits per heavy atom. The highest BCUT2D eigenvalue weighted by atomic mass is 19.1. The summed E-state index contributed by atoms with van der Waals surface area (Å²) in [5.41, 5.74) is 0.592. The number of benzene rings is 2. The first-order valence-corrected chi connectivity index (χ1v) is 8.62. The molecule has 1 amide bonds. The van der Waals surface area contributed by atoms with Crippen LogP contribution in [0.5, 0.6) is 11.5 Å². The predicted molar refractivity (Wildman–Crippen MR) is 97.3 cm³/mol. The molecule has 0 unspecified atom stereocenters. The lowest BCUT2D eigenvalue weighted by Crippen LogP contribution is -2.28. The molecule has 0 fully saturated rings. The van der Waals surface area contributed by atoms with Gasteiger partial charge in [0.2, 0.25) is 0 Å². The molecule has 0 radical (unpaired) electrons. The molecule has 0 saturated carbocycles. The van der Waals surface area contributed by atoms with Crippen LogP contribution in [-0.2, 0) is 16.1 Å². The van der Waals surface area contributed by atoms with E-state index in [0.717, 1.165) is 0 Å². The molecule has 0 bridgehead atoms. The van der Waals surface area contributed by atoms with Crippen LogP contribution in [0.3, 0.4) is 0 Å². The molecular formula is C20H22FNO5. The van der Waals surface area contributed by atoms with Crippen molar-refractivity contribution < 1.29 is 28.2 Å². The second kappa shape index (κ2) is 10.2. The zero-order chi connectivity index (χ0) is 19.6. The van der Waals surface area contributed by atoms with Crippen LogP contribution in [0.4, 0.5) is 4.39 Å². The summed E-state index contributed by atoms with van der Waals surface area (Å²) in [6.45, 7) is 4.09.